The lowest BCUT2D eigenvalue weighted by atomic mass is 10.3. The normalized spacial score (nSPS) is 14.1. The molecule has 44 valence electrons. The summed E-state index contributed by atoms with van der Waals surface area (Å²) in [6.45, 7) is 0.367. The Morgan fingerprint density at radius 1 is 1.71 bits per heavy atom. The highest BCUT2D eigenvalue weighted by Gasteiger charge is 1.95. The average molecular weight is 168 g/mol. The zero-order valence-electron chi connectivity index (χ0n) is 4.10. The van der Waals surface area contributed by atoms with Crippen LogP contribution in [0.4, 0.5) is 0 Å². The first-order valence-corrected chi connectivity index (χ1v) is 3.37. The molecule has 2 nitrogen and oxygen atoms in total. The predicted octanol–water partition coefficient (Wildman–Crippen LogP) is 0.0910. The van der Waals surface area contributed by atoms with Crippen LogP contribution in [0, 0.1) is 0 Å². The Morgan fingerprint density at radius 2 is 2.29 bits per heavy atom. The minimum Gasteiger partial charge on any atom is -0.392 e. The molecule has 0 radical (unpaired) electrons. The second kappa shape index (κ2) is 4.56. The van der Waals surface area contributed by atoms with Gasteiger partial charge in [-0.05, 0) is 6.42 Å². The van der Waals surface area contributed by atoms with Gasteiger partial charge in [-0.3, -0.25) is 0 Å². The summed E-state index contributed by atoms with van der Waals surface area (Å²) in [6, 6.07) is 0. The molecule has 0 heterocycles. The number of aliphatic hydroxyl groups excluding tert-OH is 1. The van der Waals surface area contributed by atoms with Crippen LogP contribution in [0.15, 0.2) is 0 Å². The largest absolute Gasteiger partial charge is 0.392 e. The lowest BCUT2D eigenvalue weighted by Crippen LogP contribution is -2.19. The van der Waals surface area contributed by atoms with Gasteiger partial charge in [0.05, 0.1) is 6.10 Å². The molecule has 0 bridgehead atoms. The number of nitrogens with two attached hydrogens (primary N) is 1. The minimum absolute atomic E-state index is 0.320. The van der Waals surface area contributed by atoms with Crippen molar-refractivity contribution in [1.82, 2.24) is 0 Å². The van der Waals surface area contributed by atoms with Gasteiger partial charge >= 0.3 is 0 Å². The standard InChI is InChI=1S/C4H10BrNO/c5-2-1-4(7)3-6/h4,7H,1-3,6H2. The summed E-state index contributed by atoms with van der Waals surface area (Å²) >= 11 is 3.18. The Balaban J connectivity index is 2.83. The molecule has 0 aliphatic carbocycles. The molecule has 0 aliphatic heterocycles. The van der Waals surface area contributed by atoms with Crippen LogP contribution in [0.25, 0.3) is 0 Å². The highest BCUT2D eigenvalue weighted by Crippen LogP contribution is 1.91. The Hall–Kier alpha value is 0.400. The Kier molecular flexibility index (Phi) is 4.82. The Morgan fingerprint density at radius 3 is 2.43 bits per heavy atom. The van der Waals surface area contributed by atoms with Crippen molar-refractivity contribution >= 4 is 15.9 Å². The SMILES string of the molecule is NCC(O)CCBr. The fraction of sp³-hybridized carbons (Fsp3) is 1.00. The third-order valence-corrected chi connectivity index (χ3v) is 1.17. The summed E-state index contributed by atoms with van der Waals surface area (Å²) in [6.07, 6.45) is 0.427. The van der Waals surface area contributed by atoms with E-state index in [1.165, 1.54) is 0 Å². The lowest BCUT2D eigenvalue weighted by molar-refractivity contribution is 0.180. The van der Waals surface area contributed by atoms with E-state index in [9.17, 15) is 0 Å². The maximum atomic E-state index is 8.70. The molecule has 1 atom stereocenters. The average Bonchev–Trinajstić information content (AvgIpc) is 1.68. The summed E-state index contributed by atoms with van der Waals surface area (Å²) in [5.74, 6) is 0. The van der Waals surface area contributed by atoms with Gasteiger partial charge in [-0.1, -0.05) is 15.9 Å². The lowest BCUT2D eigenvalue weighted by Gasteiger charge is -2.01. The maximum absolute atomic E-state index is 8.70. The summed E-state index contributed by atoms with van der Waals surface area (Å²) < 4.78 is 0. The minimum atomic E-state index is -0.320. The zero-order valence-corrected chi connectivity index (χ0v) is 5.69. The first-order chi connectivity index (χ1) is 3.31. The molecule has 0 saturated carbocycles. The second-order valence-electron chi connectivity index (χ2n) is 1.37. The van der Waals surface area contributed by atoms with E-state index in [4.69, 9.17) is 10.8 Å². The number of alkyl halides is 1. The molecule has 7 heavy (non-hydrogen) atoms. The molecule has 0 aromatic heterocycles. The molecular formula is C4H10BrNO. The van der Waals surface area contributed by atoms with Crippen LogP contribution in [0.5, 0.6) is 0 Å². The van der Waals surface area contributed by atoms with Crippen molar-refractivity contribution < 1.29 is 5.11 Å². The molecule has 3 N–H and O–H groups in total. The summed E-state index contributed by atoms with van der Waals surface area (Å²) in [7, 11) is 0. The smallest absolute Gasteiger partial charge is 0.0670 e. The van der Waals surface area contributed by atoms with Crippen LogP contribution < -0.4 is 5.73 Å². The van der Waals surface area contributed by atoms with Crippen molar-refractivity contribution in [1.29, 1.82) is 0 Å². The monoisotopic (exact) mass is 167 g/mol. The molecule has 1 unspecified atom stereocenters. The number of hydrogen-bond acceptors (Lipinski definition) is 2. The molecule has 0 saturated heterocycles. The van der Waals surface area contributed by atoms with Crippen molar-refractivity contribution in [2.75, 3.05) is 11.9 Å². The molecule has 0 aromatic rings. The van der Waals surface area contributed by atoms with E-state index in [0.29, 0.717) is 6.54 Å². The van der Waals surface area contributed by atoms with Crippen LogP contribution in [0.2, 0.25) is 0 Å². The van der Waals surface area contributed by atoms with E-state index >= 15 is 0 Å². The van der Waals surface area contributed by atoms with Gasteiger partial charge in [-0.2, -0.15) is 0 Å². The van der Waals surface area contributed by atoms with E-state index in [2.05, 4.69) is 15.9 Å². The third kappa shape index (κ3) is 4.25. The Bertz CT molecular complexity index is 42.7. The predicted molar refractivity (Wildman–Crippen MR) is 33.5 cm³/mol. The van der Waals surface area contributed by atoms with Gasteiger partial charge in [-0.15, -0.1) is 0 Å². The Labute approximate surface area is 51.8 Å². The van der Waals surface area contributed by atoms with E-state index in [1.807, 2.05) is 0 Å². The molecule has 0 aromatic carbocycles. The van der Waals surface area contributed by atoms with Crippen molar-refractivity contribution in [3.8, 4) is 0 Å². The van der Waals surface area contributed by atoms with Crippen molar-refractivity contribution in [3.63, 3.8) is 0 Å². The summed E-state index contributed by atoms with van der Waals surface area (Å²) in [5.41, 5.74) is 5.09. The van der Waals surface area contributed by atoms with Gasteiger partial charge in [0.15, 0.2) is 0 Å². The van der Waals surface area contributed by atoms with Crippen molar-refractivity contribution in [2.45, 2.75) is 12.5 Å². The van der Waals surface area contributed by atoms with Crippen LogP contribution in [-0.4, -0.2) is 23.1 Å². The second-order valence-corrected chi connectivity index (χ2v) is 2.16. The number of hydrogen-bond donors (Lipinski definition) is 2. The van der Waals surface area contributed by atoms with Gasteiger partial charge in [0.1, 0.15) is 0 Å². The van der Waals surface area contributed by atoms with Crippen LogP contribution >= 0.6 is 15.9 Å². The van der Waals surface area contributed by atoms with Gasteiger partial charge in [0, 0.05) is 11.9 Å². The molecular weight excluding hydrogens is 158 g/mol. The van der Waals surface area contributed by atoms with Crippen LogP contribution in [0.1, 0.15) is 6.42 Å². The summed E-state index contributed by atoms with van der Waals surface area (Å²) in [4.78, 5) is 0. The van der Waals surface area contributed by atoms with E-state index in [0.717, 1.165) is 11.8 Å². The van der Waals surface area contributed by atoms with Crippen LogP contribution in [-0.2, 0) is 0 Å². The fourth-order valence-corrected chi connectivity index (χ4v) is 0.772. The quantitative estimate of drug-likeness (QED) is 0.586. The van der Waals surface area contributed by atoms with Gasteiger partial charge < -0.3 is 10.8 Å². The summed E-state index contributed by atoms with van der Waals surface area (Å²) in [5, 5.41) is 9.53. The number of halogens is 1. The van der Waals surface area contributed by atoms with Crippen molar-refractivity contribution in [3.05, 3.63) is 0 Å². The van der Waals surface area contributed by atoms with E-state index in [-0.39, 0.29) is 6.10 Å². The van der Waals surface area contributed by atoms with Gasteiger partial charge in [0.25, 0.3) is 0 Å². The molecule has 0 amide bonds. The first kappa shape index (κ1) is 7.40. The molecule has 3 heteroatoms. The number of aliphatic hydroxyl groups is 1. The molecule has 0 rings (SSSR count). The maximum Gasteiger partial charge on any atom is 0.0670 e. The fourth-order valence-electron chi connectivity index (χ4n) is 0.244. The highest BCUT2D eigenvalue weighted by atomic mass is 79.9. The molecule has 0 aliphatic rings. The topological polar surface area (TPSA) is 46.2 Å². The van der Waals surface area contributed by atoms with Crippen LogP contribution in [0.3, 0.4) is 0 Å². The van der Waals surface area contributed by atoms with Gasteiger partial charge in [-0.25, -0.2) is 0 Å². The zero-order chi connectivity index (χ0) is 5.70. The third-order valence-electron chi connectivity index (χ3n) is 0.714. The highest BCUT2D eigenvalue weighted by molar-refractivity contribution is 9.09. The molecule has 0 spiro atoms. The van der Waals surface area contributed by atoms with Gasteiger partial charge in [0.2, 0.25) is 0 Å². The molecule has 0 fully saturated rings. The van der Waals surface area contributed by atoms with E-state index < -0.39 is 0 Å². The first-order valence-electron chi connectivity index (χ1n) is 2.25. The van der Waals surface area contributed by atoms with E-state index in [1.54, 1.807) is 0 Å². The van der Waals surface area contributed by atoms with Crippen molar-refractivity contribution in [2.24, 2.45) is 5.73 Å². The number of rotatable bonds is 3.